The zero-order chi connectivity index (χ0) is 12.3. The highest BCUT2D eigenvalue weighted by molar-refractivity contribution is 9.10. The van der Waals surface area contributed by atoms with Crippen LogP contribution in [0.15, 0.2) is 28.7 Å². The Morgan fingerprint density at radius 2 is 2.41 bits per heavy atom. The SMILES string of the molecule is COC(=O)C1(c2cccc(Br)c2)COCCN1. The van der Waals surface area contributed by atoms with Crippen molar-refractivity contribution < 1.29 is 14.3 Å². The molecular weight excluding hydrogens is 286 g/mol. The molecule has 4 nitrogen and oxygen atoms in total. The largest absolute Gasteiger partial charge is 0.467 e. The fourth-order valence-corrected chi connectivity index (χ4v) is 2.37. The monoisotopic (exact) mass is 299 g/mol. The van der Waals surface area contributed by atoms with Gasteiger partial charge in [-0.2, -0.15) is 0 Å². The number of halogens is 1. The van der Waals surface area contributed by atoms with Gasteiger partial charge < -0.3 is 9.47 Å². The first-order chi connectivity index (χ1) is 8.19. The summed E-state index contributed by atoms with van der Waals surface area (Å²) in [4.78, 5) is 12.0. The van der Waals surface area contributed by atoms with E-state index < -0.39 is 5.54 Å². The van der Waals surface area contributed by atoms with Gasteiger partial charge in [-0.1, -0.05) is 28.1 Å². The predicted molar refractivity (Wildman–Crippen MR) is 66.7 cm³/mol. The Bertz CT molecular complexity index is 416. The predicted octanol–water partition coefficient (Wildman–Crippen LogP) is 1.44. The van der Waals surface area contributed by atoms with E-state index in [1.165, 1.54) is 7.11 Å². The number of carbonyl (C=O) groups excluding carboxylic acids is 1. The van der Waals surface area contributed by atoms with Gasteiger partial charge in [0.1, 0.15) is 0 Å². The Labute approximate surface area is 108 Å². The number of rotatable bonds is 2. The molecule has 17 heavy (non-hydrogen) atoms. The van der Waals surface area contributed by atoms with Crippen LogP contribution in [0.25, 0.3) is 0 Å². The number of methoxy groups -OCH3 is 1. The number of carbonyl (C=O) groups is 1. The third-order valence-electron chi connectivity index (χ3n) is 2.84. The molecule has 1 heterocycles. The summed E-state index contributed by atoms with van der Waals surface area (Å²) < 4.78 is 11.2. The van der Waals surface area contributed by atoms with Crippen molar-refractivity contribution in [1.29, 1.82) is 0 Å². The molecular formula is C12H14BrNO3. The quantitative estimate of drug-likeness (QED) is 0.840. The lowest BCUT2D eigenvalue weighted by molar-refractivity contribution is -0.154. The van der Waals surface area contributed by atoms with Gasteiger partial charge in [-0.25, -0.2) is 4.79 Å². The van der Waals surface area contributed by atoms with Crippen LogP contribution in [0.2, 0.25) is 0 Å². The summed E-state index contributed by atoms with van der Waals surface area (Å²) in [5.41, 5.74) is -0.0463. The van der Waals surface area contributed by atoms with Crippen LogP contribution in [0.5, 0.6) is 0 Å². The number of morpholine rings is 1. The topological polar surface area (TPSA) is 47.6 Å². The van der Waals surface area contributed by atoms with Gasteiger partial charge in [-0.05, 0) is 17.7 Å². The summed E-state index contributed by atoms with van der Waals surface area (Å²) in [7, 11) is 1.39. The van der Waals surface area contributed by atoms with Crippen LogP contribution >= 0.6 is 15.9 Å². The number of ether oxygens (including phenoxy) is 2. The van der Waals surface area contributed by atoms with Gasteiger partial charge in [0, 0.05) is 11.0 Å². The maximum Gasteiger partial charge on any atom is 0.333 e. The summed E-state index contributed by atoms with van der Waals surface area (Å²) in [6, 6.07) is 7.60. The van der Waals surface area contributed by atoms with Crippen molar-refractivity contribution in [2.45, 2.75) is 5.54 Å². The highest BCUT2D eigenvalue weighted by Crippen LogP contribution is 2.27. The molecule has 0 saturated carbocycles. The van der Waals surface area contributed by atoms with Crippen LogP contribution < -0.4 is 5.32 Å². The summed E-state index contributed by atoms with van der Waals surface area (Å²) >= 11 is 3.40. The van der Waals surface area contributed by atoms with Crippen molar-refractivity contribution in [3.05, 3.63) is 34.3 Å². The Kier molecular flexibility index (Phi) is 3.81. The normalized spacial score (nSPS) is 24.4. The first-order valence-corrected chi connectivity index (χ1v) is 6.15. The lowest BCUT2D eigenvalue weighted by Gasteiger charge is -2.35. The fraction of sp³-hybridized carbons (Fsp3) is 0.417. The number of hydrogen-bond acceptors (Lipinski definition) is 4. The second-order valence-electron chi connectivity index (χ2n) is 3.89. The highest BCUT2D eigenvalue weighted by atomic mass is 79.9. The first kappa shape index (κ1) is 12.5. The van der Waals surface area contributed by atoms with E-state index in [9.17, 15) is 4.79 Å². The van der Waals surface area contributed by atoms with Crippen molar-refractivity contribution in [2.24, 2.45) is 0 Å². The highest BCUT2D eigenvalue weighted by Gasteiger charge is 2.43. The van der Waals surface area contributed by atoms with Gasteiger partial charge in [-0.3, -0.25) is 5.32 Å². The summed E-state index contributed by atoms with van der Waals surface area (Å²) in [6.07, 6.45) is 0. The van der Waals surface area contributed by atoms with E-state index in [-0.39, 0.29) is 12.6 Å². The van der Waals surface area contributed by atoms with E-state index in [2.05, 4.69) is 21.2 Å². The van der Waals surface area contributed by atoms with Gasteiger partial charge >= 0.3 is 5.97 Å². The minimum Gasteiger partial charge on any atom is -0.467 e. The molecule has 0 aliphatic carbocycles. The third kappa shape index (κ3) is 2.36. The second kappa shape index (κ2) is 5.16. The molecule has 0 aromatic heterocycles. The van der Waals surface area contributed by atoms with Gasteiger partial charge in [0.2, 0.25) is 0 Å². The molecule has 1 fully saturated rings. The van der Waals surface area contributed by atoms with Crippen molar-refractivity contribution in [1.82, 2.24) is 5.32 Å². The average Bonchev–Trinajstić information content (AvgIpc) is 2.38. The van der Waals surface area contributed by atoms with E-state index >= 15 is 0 Å². The maximum atomic E-state index is 12.0. The van der Waals surface area contributed by atoms with Crippen molar-refractivity contribution in [3.8, 4) is 0 Å². The molecule has 1 N–H and O–H groups in total. The molecule has 5 heteroatoms. The van der Waals surface area contributed by atoms with E-state index in [0.29, 0.717) is 13.2 Å². The van der Waals surface area contributed by atoms with Gasteiger partial charge in [-0.15, -0.1) is 0 Å². The Morgan fingerprint density at radius 1 is 1.59 bits per heavy atom. The van der Waals surface area contributed by atoms with Crippen LogP contribution in [0, 0.1) is 0 Å². The standard InChI is InChI=1S/C12H14BrNO3/c1-16-11(15)12(8-17-6-5-14-12)9-3-2-4-10(13)7-9/h2-4,7,14H,5-6,8H2,1H3. The van der Waals surface area contributed by atoms with Crippen LogP contribution in [0.1, 0.15) is 5.56 Å². The van der Waals surface area contributed by atoms with Crippen LogP contribution in [-0.2, 0) is 19.8 Å². The van der Waals surface area contributed by atoms with Gasteiger partial charge in [0.25, 0.3) is 0 Å². The van der Waals surface area contributed by atoms with Crippen LogP contribution in [0.3, 0.4) is 0 Å². The average molecular weight is 300 g/mol. The molecule has 2 rings (SSSR count). The lowest BCUT2D eigenvalue weighted by atomic mass is 9.90. The molecule has 1 aromatic carbocycles. The molecule has 1 aliphatic rings. The summed E-state index contributed by atoms with van der Waals surface area (Å²) in [5, 5.41) is 3.21. The van der Waals surface area contributed by atoms with E-state index in [1.807, 2.05) is 24.3 Å². The fourth-order valence-electron chi connectivity index (χ4n) is 1.98. The smallest absolute Gasteiger partial charge is 0.333 e. The third-order valence-corrected chi connectivity index (χ3v) is 3.34. The molecule has 0 bridgehead atoms. The molecule has 1 saturated heterocycles. The van der Waals surface area contributed by atoms with Crippen molar-refractivity contribution in [2.75, 3.05) is 26.9 Å². The lowest BCUT2D eigenvalue weighted by Crippen LogP contribution is -2.57. The molecule has 1 aromatic rings. The number of benzene rings is 1. The second-order valence-corrected chi connectivity index (χ2v) is 4.80. The number of hydrogen-bond donors (Lipinski definition) is 1. The minimum atomic E-state index is -0.892. The Balaban J connectivity index is 2.42. The number of nitrogens with one attached hydrogen (secondary N) is 1. The van der Waals surface area contributed by atoms with Crippen LogP contribution in [-0.4, -0.2) is 32.8 Å². The molecule has 1 unspecified atom stereocenters. The zero-order valence-corrected chi connectivity index (χ0v) is 11.1. The maximum absolute atomic E-state index is 12.0. The Morgan fingerprint density at radius 3 is 3.00 bits per heavy atom. The van der Waals surface area contributed by atoms with Gasteiger partial charge in [0.15, 0.2) is 5.54 Å². The van der Waals surface area contributed by atoms with E-state index in [0.717, 1.165) is 10.0 Å². The molecule has 1 aliphatic heterocycles. The molecule has 1 atom stereocenters. The van der Waals surface area contributed by atoms with Gasteiger partial charge in [0.05, 0.1) is 20.3 Å². The molecule has 0 spiro atoms. The summed E-state index contributed by atoms with van der Waals surface area (Å²) in [5.74, 6) is -0.324. The Hall–Kier alpha value is -0.910. The first-order valence-electron chi connectivity index (χ1n) is 5.36. The molecule has 0 amide bonds. The zero-order valence-electron chi connectivity index (χ0n) is 9.53. The number of esters is 1. The van der Waals surface area contributed by atoms with E-state index in [4.69, 9.17) is 9.47 Å². The van der Waals surface area contributed by atoms with Crippen molar-refractivity contribution >= 4 is 21.9 Å². The molecule has 0 radical (unpaired) electrons. The van der Waals surface area contributed by atoms with E-state index in [1.54, 1.807) is 0 Å². The van der Waals surface area contributed by atoms with Crippen molar-refractivity contribution in [3.63, 3.8) is 0 Å². The summed E-state index contributed by atoms with van der Waals surface area (Å²) in [6.45, 7) is 1.52. The molecule has 92 valence electrons. The van der Waals surface area contributed by atoms with Crippen LogP contribution in [0.4, 0.5) is 0 Å². The minimum absolute atomic E-state index is 0.288.